The number of carbonyl (C=O) groups is 2. The lowest BCUT2D eigenvalue weighted by Crippen LogP contribution is -2.47. The Balaban J connectivity index is 2.43. The van der Waals surface area contributed by atoms with Gasteiger partial charge in [0.25, 0.3) is 0 Å². The van der Waals surface area contributed by atoms with Crippen LogP contribution in [0.5, 0.6) is 0 Å². The second-order valence-corrected chi connectivity index (χ2v) is 4.48. The maximum absolute atomic E-state index is 12.7. The molecule has 2 amide bonds. The van der Waals surface area contributed by atoms with Crippen molar-refractivity contribution in [1.29, 1.82) is 0 Å². The lowest BCUT2D eigenvalue weighted by molar-refractivity contribution is -0.141. The number of hydrogen-bond acceptors (Lipinski definition) is 2. The first kappa shape index (κ1) is 15.9. The van der Waals surface area contributed by atoms with E-state index in [1.54, 1.807) is 19.1 Å². The fraction of sp³-hybridized carbons (Fsp3) is 0.429. The van der Waals surface area contributed by atoms with Gasteiger partial charge in [0.1, 0.15) is 11.9 Å². The molecule has 0 aliphatic heterocycles. The van der Waals surface area contributed by atoms with Crippen molar-refractivity contribution >= 4 is 12.0 Å². The van der Waals surface area contributed by atoms with E-state index in [1.165, 1.54) is 24.1 Å². The van der Waals surface area contributed by atoms with Crippen LogP contribution in [0, 0.1) is 5.82 Å². The number of benzene rings is 1. The smallest absolute Gasteiger partial charge is 0.326 e. The van der Waals surface area contributed by atoms with Gasteiger partial charge in [-0.15, -0.1) is 0 Å². The Morgan fingerprint density at radius 3 is 2.45 bits per heavy atom. The molecule has 0 bridgehead atoms. The summed E-state index contributed by atoms with van der Waals surface area (Å²) < 4.78 is 12.7. The van der Waals surface area contributed by atoms with Gasteiger partial charge in [-0.3, -0.25) is 0 Å². The molecule has 5 nitrogen and oxygen atoms in total. The van der Waals surface area contributed by atoms with Crippen LogP contribution in [0.2, 0.25) is 0 Å². The van der Waals surface area contributed by atoms with Crippen LogP contribution in [0.4, 0.5) is 9.18 Å². The van der Waals surface area contributed by atoms with Gasteiger partial charge >= 0.3 is 12.0 Å². The molecule has 0 aliphatic rings. The van der Waals surface area contributed by atoms with Crippen molar-refractivity contribution < 1.29 is 19.1 Å². The normalized spacial score (nSPS) is 11.8. The molecule has 0 radical (unpaired) electrons. The molecule has 1 atom stereocenters. The van der Waals surface area contributed by atoms with Gasteiger partial charge in [-0.1, -0.05) is 19.1 Å². The molecule has 1 aromatic carbocycles. The standard InChI is InChI=1S/C14H19FN2O3/c1-3-12(13(18)19)17(2)14(20)16-9-8-10-4-6-11(15)7-5-10/h4-7,12H,3,8-9H2,1-2H3,(H,16,20)(H,18,19). The van der Waals surface area contributed by atoms with E-state index >= 15 is 0 Å². The van der Waals surface area contributed by atoms with Gasteiger partial charge in [-0.2, -0.15) is 0 Å². The number of halogens is 1. The first-order chi connectivity index (χ1) is 9.45. The summed E-state index contributed by atoms with van der Waals surface area (Å²) in [7, 11) is 1.45. The molecule has 0 aliphatic carbocycles. The van der Waals surface area contributed by atoms with Gasteiger partial charge in [-0.05, 0) is 30.5 Å². The first-order valence-corrected chi connectivity index (χ1v) is 6.43. The summed E-state index contributed by atoms with van der Waals surface area (Å²) in [5.74, 6) is -1.33. The number of nitrogens with zero attached hydrogens (tertiary/aromatic N) is 1. The van der Waals surface area contributed by atoms with Gasteiger partial charge in [-0.25, -0.2) is 14.0 Å². The Kier molecular flexibility index (Phi) is 5.96. The van der Waals surface area contributed by atoms with Gasteiger partial charge < -0.3 is 15.3 Å². The van der Waals surface area contributed by atoms with E-state index in [9.17, 15) is 14.0 Å². The number of carboxylic acid groups (broad SMARTS) is 1. The molecule has 110 valence electrons. The summed E-state index contributed by atoms with van der Waals surface area (Å²) in [6.07, 6.45) is 0.904. The zero-order valence-electron chi connectivity index (χ0n) is 11.6. The molecule has 1 aromatic rings. The van der Waals surface area contributed by atoms with Gasteiger partial charge in [0, 0.05) is 13.6 Å². The maximum atomic E-state index is 12.7. The number of likely N-dealkylation sites (N-methyl/N-ethyl adjacent to an activating group) is 1. The Morgan fingerprint density at radius 1 is 1.35 bits per heavy atom. The van der Waals surface area contributed by atoms with Crippen LogP contribution in [0.3, 0.4) is 0 Å². The summed E-state index contributed by atoms with van der Waals surface area (Å²) in [4.78, 5) is 23.9. The Morgan fingerprint density at radius 2 is 1.95 bits per heavy atom. The highest BCUT2D eigenvalue weighted by molar-refractivity contribution is 5.82. The molecule has 0 spiro atoms. The molecule has 0 saturated carbocycles. The van der Waals surface area contributed by atoms with E-state index in [-0.39, 0.29) is 5.82 Å². The van der Waals surface area contributed by atoms with E-state index < -0.39 is 18.0 Å². The minimum Gasteiger partial charge on any atom is -0.480 e. The highest BCUT2D eigenvalue weighted by atomic mass is 19.1. The maximum Gasteiger partial charge on any atom is 0.326 e. The molecule has 0 aromatic heterocycles. The van der Waals surface area contributed by atoms with E-state index in [0.29, 0.717) is 19.4 Å². The highest BCUT2D eigenvalue weighted by Crippen LogP contribution is 2.04. The van der Waals surface area contributed by atoms with Crippen LogP contribution in [0.1, 0.15) is 18.9 Å². The molecule has 6 heteroatoms. The van der Waals surface area contributed by atoms with Crippen molar-refractivity contribution in [3.63, 3.8) is 0 Å². The number of nitrogens with one attached hydrogen (secondary N) is 1. The quantitative estimate of drug-likeness (QED) is 0.837. The summed E-state index contributed by atoms with van der Waals surface area (Å²) in [5.41, 5.74) is 0.902. The highest BCUT2D eigenvalue weighted by Gasteiger charge is 2.24. The number of urea groups is 1. The van der Waals surface area contributed by atoms with E-state index in [4.69, 9.17) is 5.11 Å². The largest absolute Gasteiger partial charge is 0.480 e. The minimum atomic E-state index is -1.02. The minimum absolute atomic E-state index is 0.301. The molecule has 0 heterocycles. The lowest BCUT2D eigenvalue weighted by Gasteiger charge is -2.24. The third kappa shape index (κ3) is 4.53. The van der Waals surface area contributed by atoms with Gasteiger partial charge in [0.2, 0.25) is 0 Å². The molecule has 0 saturated heterocycles. The van der Waals surface area contributed by atoms with Crippen molar-refractivity contribution in [2.75, 3.05) is 13.6 Å². The average molecular weight is 282 g/mol. The monoisotopic (exact) mass is 282 g/mol. The Labute approximate surface area is 117 Å². The molecule has 1 unspecified atom stereocenters. The number of aliphatic carboxylic acids is 1. The number of carboxylic acids is 1. The fourth-order valence-electron chi connectivity index (χ4n) is 1.85. The third-order valence-electron chi connectivity index (χ3n) is 3.06. The predicted octanol–water partition coefficient (Wildman–Crippen LogP) is 1.87. The van der Waals surface area contributed by atoms with Crippen molar-refractivity contribution in [1.82, 2.24) is 10.2 Å². The number of hydrogen-bond donors (Lipinski definition) is 2. The van der Waals surface area contributed by atoms with Crippen LogP contribution in [0.15, 0.2) is 24.3 Å². The molecule has 1 rings (SSSR count). The second kappa shape index (κ2) is 7.47. The summed E-state index contributed by atoms with van der Waals surface area (Å²) in [5, 5.41) is 11.6. The van der Waals surface area contributed by atoms with E-state index in [0.717, 1.165) is 5.56 Å². The van der Waals surface area contributed by atoms with Crippen LogP contribution >= 0.6 is 0 Å². The number of carbonyl (C=O) groups excluding carboxylic acids is 1. The molecule has 2 N–H and O–H groups in total. The predicted molar refractivity (Wildman–Crippen MR) is 73.0 cm³/mol. The topological polar surface area (TPSA) is 69.6 Å². The fourth-order valence-corrected chi connectivity index (χ4v) is 1.85. The second-order valence-electron chi connectivity index (χ2n) is 4.48. The van der Waals surface area contributed by atoms with E-state index in [2.05, 4.69) is 5.32 Å². The van der Waals surface area contributed by atoms with Gasteiger partial charge in [0.05, 0.1) is 0 Å². The molecular weight excluding hydrogens is 263 g/mol. The van der Waals surface area contributed by atoms with Gasteiger partial charge in [0.15, 0.2) is 0 Å². The molecule has 0 fully saturated rings. The summed E-state index contributed by atoms with van der Waals surface area (Å²) in [6.45, 7) is 2.08. The molecule has 20 heavy (non-hydrogen) atoms. The van der Waals surface area contributed by atoms with Crippen LogP contribution in [-0.4, -0.2) is 41.6 Å². The number of amides is 2. The number of rotatable bonds is 6. The molecular formula is C14H19FN2O3. The zero-order valence-corrected chi connectivity index (χ0v) is 11.6. The Bertz CT molecular complexity index is 462. The SMILES string of the molecule is CCC(C(=O)O)N(C)C(=O)NCCc1ccc(F)cc1. The first-order valence-electron chi connectivity index (χ1n) is 6.43. The van der Waals surface area contributed by atoms with Crippen LogP contribution in [0.25, 0.3) is 0 Å². The van der Waals surface area contributed by atoms with Crippen molar-refractivity contribution in [3.8, 4) is 0 Å². The summed E-state index contributed by atoms with van der Waals surface area (Å²) in [6, 6.07) is 4.76. The van der Waals surface area contributed by atoms with Crippen LogP contribution < -0.4 is 5.32 Å². The Hall–Kier alpha value is -2.11. The van der Waals surface area contributed by atoms with Crippen molar-refractivity contribution in [2.45, 2.75) is 25.8 Å². The van der Waals surface area contributed by atoms with Crippen LogP contribution in [-0.2, 0) is 11.2 Å². The summed E-state index contributed by atoms with van der Waals surface area (Å²) >= 11 is 0. The lowest BCUT2D eigenvalue weighted by atomic mass is 10.1. The average Bonchev–Trinajstić information content (AvgIpc) is 2.41. The zero-order chi connectivity index (χ0) is 15.1. The third-order valence-corrected chi connectivity index (χ3v) is 3.06. The van der Waals surface area contributed by atoms with E-state index in [1.807, 2.05) is 0 Å². The van der Waals surface area contributed by atoms with Crippen molar-refractivity contribution in [3.05, 3.63) is 35.6 Å². The van der Waals surface area contributed by atoms with Crippen molar-refractivity contribution in [2.24, 2.45) is 0 Å².